The molecular formula is C15H15N7O2S3. The number of rotatable bonds is 5. The van der Waals surface area contributed by atoms with Gasteiger partial charge in [0.25, 0.3) is 5.91 Å². The summed E-state index contributed by atoms with van der Waals surface area (Å²) in [6, 6.07) is 3.61. The molecule has 2 amide bonds. The number of nitrogens with one attached hydrogen (secondary N) is 1. The van der Waals surface area contributed by atoms with Crippen LogP contribution in [0.1, 0.15) is 20.2 Å². The molecule has 4 heterocycles. The fraction of sp³-hybridized carbons (Fsp3) is 0.333. The molecular weight excluding hydrogens is 406 g/mol. The van der Waals surface area contributed by atoms with Crippen LogP contribution >= 0.6 is 34.4 Å². The highest BCUT2D eigenvalue weighted by atomic mass is 32.2. The molecule has 0 bridgehead atoms. The number of carbonyl (C=O) groups is 2. The number of anilines is 1. The number of aromatic nitrogens is 5. The molecule has 0 fully saturated rings. The molecule has 3 aromatic heterocycles. The van der Waals surface area contributed by atoms with Gasteiger partial charge in [-0.15, -0.1) is 16.4 Å². The number of thioether (sulfide) groups is 1. The van der Waals surface area contributed by atoms with Crippen LogP contribution in [0.2, 0.25) is 0 Å². The zero-order valence-electron chi connectivity index (χ0n) is 14.3. The van der Waals surface area contributed by atoms with Gasteiger partial charge in [-0.05, 0) is 21.9 Å². The number of amides is 2. The van der Waals surface area contributed by atoms with Crippen LogP contribution in [-0.2, 0) is 24.8 Å². The molecule has 0 unspecified atom stereocenters. The molecule has 0 spiro atoms. The molecule has 27 heavy (non-hydrogen) atoms. The Morgan fingerprint density at radius 1 is 1.41 bits per heavy atom. The minimum Gasteiger partial charge on any atom is -0.336 e. The van der Waals surface area contributed by atoms with E-state index in [4.69, 9.17) is 0 Å². The minimum absolute atomic E-state index is 0.0335. The first-order valence-corrected chi connectivity index (χ1v) is 10.7. The summed E-state index contributed by atoms with van der Waals surface area (Å²) < 4.78 is 1.54. The number of tetrazole rings is 1. The van der Waals surface area contributed by atoms with E-state index in [2.05, 4.69) is 25.8 Å². The molecule has 0 saturated carbocycles. The smallest absolute Gasteiger partial charge is 0.267 e. The Labute approximate surface area is 166 Å². The Morgan fingerprint density at radius 2 is 2.30 bits per heavy atom. The lowest BCUT2D eigenvalue weighted by atomic mass is 10.2. The lowest BCUT2D eigenvalue weighted by Crippen LogP contribution is -2.36. The predicted octanol–water partition coefficient (Wildman–Crippen LogP) is 1.66. The standard InChI is InChI=1S/C15H15N7O2S3/c1-21-15(18-19-20-21)26-8-12(23)22-5-4-9-11(7-22)27-14(16-9)17-13(24)10-3-2-6-25-10/h2-3,6H,4-5,7-8H2,1H3,(H,16,17,24). The third-order valence-corrected chi connectivity index (χ3v) is 6.82. The van der Waals surface area contributed by atoms with Crippen molar-refractivity contribution in [3.8, 4) is 0 Å². The quantitative estimate of drug-likeness (QED) is 0.625. The highest BCUT2D eigenvalue weighted by Crippen LogP contribution is 2.29. The molecule has 1 aliphatic heterocycles. The normalized spacial score (nSPS) is 13.4. The summed E-state index contributed by atoms with van der Waals surface area (Å²) in [5.41, 5.74) is 0.954. The van der Waals surface area contributed by atoms with Crippen molar-refractivity contribution in [2.75, 3.05) is 17.6 Å². The molecule has 0 atom stereocenters. The van der Waals surface area contributed by atoms with Gasteiger partial charge in [-0.25, -0.2) is 9.67 Å². The molecule has 3 aromatic rings. The van der Waals surface area contributed by atoms with Crippen LogP contribution in [0.15, 0.2) is 22.7 Å². The Morgan fingerprint density at radius 3 is 3.04 bits per heavy atom. The Balaban J connectivity index is 1.36. The summed E-state index contributed by atoms with van der Waals surface area (Å²) >= 11 is 4.13. The van der Waals surface area contributed by atoms with Crippen molar-refractivity contribution in [2.24, 2.45) is 7.05 Å². The van der Waals surface area contributed by atoms with Gasteiger partial charge in [0.05, 0.1) is 22.9 Å². The van der Waals surface area contributed by atoms with Gasteiger partial charge in [-0.1, -0.05) is 29.2 Å². The summed E-state index contributed by atoms with van der Waals surface area (Å²) in [7, 11) is 1.74. The first-order chi connectivity index (χ1) is 13.1. The number of hydrogen-bond donors (Lipinski definition) is 1. The third kappa shape index (κ3) is 4.01. The Hall–Kier alpha value is -2.31. The molecule has 0 radical (unpaired) electrons. The van der Waals surface area contributed by atoms with Gasteiger partial charge in [0.15, 0.2) is 5.13 Å². The monoisotopic (exact) mass is 421 g/mol. The van der Waals surface area contributed by atoms with Crippen LogP contribution in [0.3, 0.4) is 0 Å². The number of aryl methyl sites for hydroxylation is 1. The number of fused-ring (bicyclic) bond motifs is 1. The molecule has 0 aliphatic carbocycles. The molecule has 4 rings (SSSR count). The number of thiophene rings is 1. The fourth-order valence-corrected chi connectivity index (χ4v) is 4.98. The Kier molecular flexibility index (Phi) is 5.18. The molecule has 12 heteroatoms. The fourth-order valence-electron chi connectivity index (χ4n) is 2.59. The van der Waals surface area contributed by atoms with E-state index in [1.807, 2.05) is 16.3 Å². The van der Waals surface area contributed by atoms with E-state index in [0.717, 1.165) is 10.6 Å². The minimum atomic E-state index is -0.155. The van der Waals surface area contributed by atoms with Crippen molar-refractivity contribution < 1.29 is 9.59 Å². The summed E-state index contributed by atoms with van der Waals surface area (Å²) in [5.74, 6) is 0.161. The number of hydrogen-bond acceptors (Lipinski definition) is 9. The van der Waals surface area contributed by atoms with Crippen LogP contribution in [0.25, 0.3) is 0 Å². The summed E-state index contributed by atoms with van der Waals surface area (Å²) in [5, 5.41) is 17.1. The van der Waals surface area contributed by atoms with Crippen LogP contribution in [0.4, 0.5) is 5.13 Å². The largest absolute Gasteiger partial charge is 0.336 e. The van der Waals surface area contributed by atoms with Crippen molar-refractivity contribution in [1.29, 1.82) is 0 Å². The zero-order valence-corrected chi connectivity index (χ0v) is 16.7. The van der Waals surface area contributed by atoms with Gasteiger partial charge >= 0.3 is 0 Å². The molecule has 9 nitrogen and oxygen atoms in total. The van der Waals surface area contributed by atoms with Crippen molar-refractivity contribution in [1.82, 2.24) is 30.1 Å². The third-order valence-electron chi connectivity index (χ3n) is 3.96. The molecule has 0 saturated heterocycles. The number of nitrogens with zero attached hydrogens (tertiary/aromatic N) is 6. The summed E-state index contributed by atoms with van der Waals surface area (Å²) in [6.07, 6.45) is 0.683. The van der Waals surface area contributed by atoms with E-state index >= 15 is 0 Å². The van der Waals surface area contributed by atoms with Crippen molar-refractivity contribution >= 4 is 51.4 Å². The zero-order chi connectivity index (χ0) is 18.8. The van der Waals surface area contributed by atoms with Crippen LogP contribution in [-0.4, -0.2) is 54.2 Å². The van der Waals surface area contributed by atoms with Gasteiger partial charge in [-0.2, -0.15) is 0 Å². The topological polar surface area (TPSA) is 106 Å². The van der Waals surface area contributed by atoms with Gasteiger partial charge in [0.2, 0.25) is 11.1 Å². The molecule has 1 N–H and O–H groups in total. The molecule has 0 aromatic carbocycles. The van der Waals surface area contributed by atoms with Crippen molar-refractivity contribution in [3.63, 3.8) is 0 Å². The number of carbonyl (C=O) groups excluding carboxylic acids is 2. The maximum Gasteiger partial charge on any atom is 0.267 e. The van der Waals surface area contributed by atoms with Gasteiger partial charge in [-0.3, -0.25) is 14.9 Å². The van der Waals surface area contributed by atoms with E-state index in [0.29, 0.717) is 34.7 Å². The molecule has 140 valence electrons. The van der Waals surface area contributed by atoms with Gasteiger partial charge in [0, 0.05) is 24.9 Å². The van der Waals surface area contributed by atoms with Crippen LogP contribution in [0.5, 0.6) is 0 Å². The second kappa shape index (κ2) is 7.74. The lowest BCUT2D eigenvalue weighted by molar-refractivity contribution is -0.129. The molecule has 1 aliphatic rings. The van der Waals surface area contributed by atoms with E-state index in [1.165, 1.54) is 39.1 Å². The van der Waals surface area contributed by atoms with E-state index in [1.54, 1.807) is 13.1 Å². The second-order valence-corrected chi connectivity index (χ2v) is 8.73. The van der Waals surface area contributed by atoms with Crippen LogP contribution < -0.4 is 5.32 Å². The number of thiazole rings is 1. The highest BCUT2D eigenvalue weighted by Gasteiger charge is 2.25. The SMILES string of the molecule is Cn1nnnc1SCC(=O)N1CCc2nc(NC(=O)c3cccs3)sc2C1. The lowest BCUT2D eigenvalue weighted by Gasteiger charge is -2.25. The first-order valence-electron chi connectivity index (χ1n) is 8.06. The second-order valence-electron chi connectivity index (χ2n) is 5.76. The summed E-state index contributed by atoms with van der Waals surface area (Å²) in [6.45, 7) is 1.13. The van der Waals surface area contributed by atoms with Gasteiger partial charge < -0.3 is 4.90 Å². The van der Waals surface area contributed by atoms with Gasteiger partial charge in [0.1, 0.15) is 0 Å². The highest BCUT2D eigenvalue weighted by molar-refractivity contribution is 7.99. The maximum atomic E-state index is 12.5. The predicted molar refractivity (Wildman–Crippen MR) is 103 cm³/mol. The average molecular weight is 422 g/mol. The first kappa shape index (κ1) is 18.1. The van der Waals surface area contributed by atoms with Crippen molar-refractivity contribution in [2.45, 2.75) is 18.1 Å². The van der Waals surface area contributed by atoms with Crippen molar-refractivity contribution in [3.05, 3.63) is 33.0 Å². The van der Waals surface area contributed by atoms with E-state index in [-0.39, 0.29) is 17.6 Å². The van der Waals surface area contributed by atoms with E-state index in [9.17, 15) is 9.59 Å². The van der Waals surface area contributed by atoms with Crippen LogP contribution in [0, 0.1) is 0 Å². The Bertz CT molecular complexity index is 966. The maximum absolute atomic E-state index is 12.5. The summed E-state index contributed by atoms with van der Waals surface area (Å²) in [4.78, 5) is 32.6. The average Bonchev–Trinajstić information content (AvgIpc) is 3.39. The van der Waals surface area contributed by atoms with E-state index < -0.39 is 0 Å².